The zero-order chi connectivity index (χ0) is 20.4. The topological polar surface area (TPSA) is 37.3 Å². The molecule has 29 heavy (non-hydrogen) atoms. The van der Waals surface area contributed by atoms with Crippen molar-refractivity contribution in [2.75, 3.05) is 46.3 Å². The number of rotatable bonds is 7. The summed E-state index contributed by atoms with van der Waals surface area (Å²) >= 11 is 0. The van der Waals surface area contributed by atoms with Crippen LogP contribution in [0.3, 0.4) is 0 Å². The molecule has 0 fully saturated rings. The number of benzene rings is 3. The van der Waals surface area contributed by atoms with Crippen LogP contribution in [0.1, 0.15) is 12.0 Å². The summed E-state index contributed by atoms with van der Waals surface area (Å²) < 4.78 is 11.0. The third-order valence-corrected chi connectivity index (χ3v) is 5.26. The number of anilines is 1. The fraction of sp³-hybridized carbons (Fsp3) is 0.292. The normalized spacial score (nSPS) is 13.0. The highest BCUT2D eigenvalue weighted by Gasteiger charge is 2.24. The maximum Gasteiger partial charge on any atom is 0.161 e. The van der Waals surface area contributed by atoms with Gasteiger partial charge in [-0.1, -0.05) is 24.3 Å². The Morgan fingerprint density at radius 2 is 1.69 bits per heavy atom. The van der Waals surface area contributed by atoms with Crippen molar-refractivity contribution >= 4 is 28.0 Å². The van der Waals surface area contributed by atoms with E-state index in [4.69, 9.17) is 14.5 Å². The molecule has 0 spiro atoms. The fourth-order valence-electron chi connectivity index (χ4n) is 3.88. The van der Waals surface area contributed by atoms with Crippen molar-refractivity contribution in [3.63, 3.8) is 0 Å². The Kier molecular flexibility index (Phi) is 5.41. The van der Waals surface area contributed by atoms with Gasteiger partial charge in [-0.25, -0.2) is 4.99 Å². The predicted molar refractivity (Wildman–Crippen MR) is 120 cm³/mol. The van der Waals surface area contributed by atoms with E-state index < -0.39 is 0 Å². The van der Waals surface area contributed by atoms with Crippen LogP contribution in [0.25, 0.3) is 10.8 Å². The zero-order valence-corrected chi connectivity index (χ0v) is 17.5. The van der Waals surface area contributed by atoms with Gasteiger partial charge in [0.2, 0.25) is 0 Å². The van der Waals surface area contributed by atoms with E-state index in [0.717, 1.165) is 36.6 Å². The quantitative estimate of drug-likeness (QED) is 0.587. The summed E-state index contributed by atoms with van der Waals surface area (Å²) in [6, 6.07) is 18.8. The van der Waals surface area contributed by atoms with E-state index in [9.17, 15) is 0 Å². The maximum absolute atomic E-state index is 5.54. The van der Waals surface area contributed by atoms with E-state index >= 15 is 0 Å². The molecule has 1 aliphatic rings. The Balaban J connectivity index is 1.83. The van der Waals surface area contributed by atoms with Crippen molar-refractivity contribution in [1.29, 1.82) is 0 Å². The number of methoxy groups -OCH3 is 2. The van der Waals surface area contributed by atoms with Crippen molar-refractivity contribution in [3.05, 3.63) is 60.2 Å². The molecule has 5 heteroatoms. The molecule has 3 aromatic carbocycles. The lowest BCUT2D eigenvalue weighted by Gasteiger charge is -2.32. The number of ether oxygens (including phenoxy) is 2. The SMILES string of the molecule is COc1ccc(C2=Nc3cccc4cccc(c34)N2CCCN(C)C)cc1OC. The summed E-state index contributed by atoms with van der Waals surface area (Å²) in [6.07, 6.45) is 1.04. The second-order valence-electron chi connectivity index (χ2n) is 7.47. The van der Waals surface area contributed by atoms with Gasteiger partial charge in [0.15, 0.2) is 11.5 Å². The van der Waals surface area contributed by atoms with Crippen molar-refractivity contribution in [3.8, 4) is 11.5 Å². The zero-order valence-electron chi connectivity index (χ0n) is 17.5. The minimum atomic E-state index is 0.706. The Morgan fingerprint density at radius 1 is 0.931 bits per heavy atom. The average Bonchev–Trinajstić information content (AvgIpc) is 2.74. The Labute approximate surface area is 172 Å². The molecule has 1 aliphatic heterocycles. The molecule has 0 saturated carbocycles. The summed E-state index contributed by atoms with van der Waals surface area (Å²) in [7, 11) is 7.53. The Bertz CT molecular complexity index is 1050. The van der Waals surface area contributed by atoms with Crippen molar-refractivity contribution < 1.29 is 9.47 Å². The van der Waals surface area contributed by atoms with Crippen LogP contribution in [0.4, 0.5) is 11.4 Å². The third kappa shape index (κ3) is 3.66. The predicted octanol–water partition coefficient (Wildman–Crippen LogP) is 4.71. The van der Waals surface area contributed by atoms with Gasteiger partial charge in [-0.15, -0.1) is 0 Å². The van der Waals surface area contributed by atoms with Crippen molar-refractivity contribution in [1.82, 2.24) is 4.90 Å². The molecule has 0 aliphatic carbocycles. The highest BCUT2D eigenvalue weighted by molar-refractivity contribution is 6.20. The summed E-state index contributed by atoms with van der Waals surface area (Å²) in [5.74, 6) is 2.36. The first-order chi connectivity index (χ1) is 14.1. The molecule has 4 rings (SSSR count). The van der Waals surface area contributed by atoms with Gasteiger partial charge in [0.25, 0.3) is 0 Å². The molecule has 0 bridgehead atoms. The fourth-order valence-corrected chi connectivity index (χ4v) is 3.88. The summed E-state index contributed by atoms with van der Waals surface area (Å²) in [6.45, 7) is 1.91. The lowest BCUT2D eigenvalue weighted by Crippen LogP contribution is -2.35. The van der Waals surface area contributed by atoms with Crippen molar-refractivity contribution in [2.24, 2.45) is 4.99 Å². The lowest BCUT2D eigenvalue weighted by atomic mass is 10.0. The van der Waals surface area contributed by atoms with Gasteiger partial charge in [-0.2, -0.15) is 0 Å². The average molecular weight is 389 g/mol. The summed E-state index contributed by atoms with van der Waals surface area (Å²) in [5.41, 5.74) is 3.22. The minimum Gasteiger partial charge on any atom is -0.493 e. The van der Waals surface area contributed by atoms with Crippen LogP contribution in [0.15, 0.2) is 59.6 Å². The Morgan fingerprint density at radius 3 is 2.41 bits per heavy atom. The number of amidine groups is 1. The van der Waals surface area contributed by atoms with E-state index in [-0.39, 0.29) is 0 Å². The molecular formula is C24H27N3O2. The first-order valence-corrected chi connectivity index (χ1v) is 9.87. The van der Waals surface area contributed by atoms with Gasteiger partial charge in [0.1, 0.15) is 5.84 Å². The first kappa shape index (κ1) is 19.3. The molecule has 1 heterocycles. The van der Waals surface area contributed by atoms with Crippen LogP contribution < -0.4 is 14.4 Å². The maximum atomic E-state index is 5.54. The van der Waals surface area contributed by atoms with Gasteiger partial charge >= 0.3 is 0 Å². The van der Waals surface area contributed by atoms with Crippen LogP contribution in [-0.4, -0.2) is 52.1 Å². The number of nitrogens with zero attached hydrogens (tertiary/aromatic N) is 3. The second-order valence-corrected chi connectivity index (χ2v) is 7.47. The Hall–Kier alpha value is -3.05. The smallest absolute Gasteiger partial charge is 0.161 e. The number of aliphatic imine (C=N–C) groups is 1. The summed E-state index contributed by atoms with van der Waals surface area (Å²) in [4.78, 5) is 9.62. The van der Waals surface area contributed by atoms with E-state index in [1.54, 1.807) is 14.2 Å². The lowest BCUT2D eigenvalue weighted by molar-refractivity contribution is 0.355. The molecule has 0 saturated heterocycles. The standard InChI is InChI=1S/C24H27N3O2/c1-26(2)14-7-15-27-20-11-6-9-17-8-5-10-19(23(17)20)25-24(27)18-12-13-21(28-3)22(16-18)29-4/h5-6,8-13,16H,7,14-15H2,1-4H3. The molecule has 5 nitrogen and oxygen atoms in total. The van der Waals surface area contributed by atoms with Crippen LogP contribution in [0.2, 0.25) is 0 Å². The first-order valence-electron chi connectivity index (χ1n) is 9.87. The largest absolute Gasteiger partial charge is 0.493 e. The van der Waals surface area contributed by atoms with Gasteiger partial charge in [0, 0.05) is 17.5 Å². The van der Waals surface area contributed by atoms with Crippen molar-refractivity contribution in [2.45, 2.75) is 6.42 Å². The molecule has 0 amide bonds. The molecule has 150 valence electrons. The van der Waals surface area contributed by atoms with E-state index in [2.05, 4.69) is 60.3 Å². The van der Waals surface area contributed by atoms with Gasteiger partial charge in [0.05, 0.1) is 25.6 Å². The highest BCUT2D eigenvalue weighted by atomic mass is 16.5. The molecule has 3 aromatic rings. The molecule has 0 unspecified atom stereocenters. The molecule has 0 radical (unpaired) electrons. The molecule has 0 aromatic heterocycles. The number of hydrogen-bond donors (Lipinski definition) is 0. The van der Waals surface area contributed by atoms with Crippen LogP contribution >= 0.6 is 0 Å². The van der Waals surface area contributed by atoms with Crippen LogP contribution in [-0.2, 0) is 0 Å². The van der Waals surface area contributed by atoms with Gasteiger partial charge in [-0.05, 0) is 62.8 Å². The molecule has 0 atom stereocenters. The second kappa shape index (κ2) is 8.13. The van der Waals surface area contributed by atoms with Gasteiger partial charge < -0.3 is 19.3 Å². The molecule has 0 N–H and O–H groups in total. The van der Waals surface area contributed by atoms with Crippen LogP contribution in [0.5, 0.6) is 11.5 Å². The highest BCUT2D eigenvalue weighted by Crippen LogP contribution is 2.40. The summed E-state index contributed by atoms with van der Waals surface area (Å²) in [5, 5.41) is 2.43. The van der Waals surface area contributed by atoms with Crippen LogP contribution in [0, 0.1) is 0 Å². The minimum absolute atomic E-state index is 0.706. The third-order valence-electron chi connectivity index (χ3n) is 5.26. The van der Waals surface area contributed by atoms with E-state index in [1.165, 1.54) is 16.5 Å². The monoisotopic (exact) mass is 389 g/mol. The van der Waals surface area contributed by atoms with E-state index in [1.807, 2.05) is 18.2 Å². The molecular weight excluding hydrogens is 362 g/mol. The van der Waals surface area contributed by atoms with E-state index in [0.29, 0.717) is 11.5 Å². The van der Waals surface area contributed by atoms with Gasteiger partial charge in [-0.3, -0.25) is 0 Å². The number of hydrogen-bond acceptors (Lipinski definition) is 5.